The zero-order chi connectivity index (χ0) is 22.1. The van der Waals surface area contributed by atoms with E-state index in [1.54, 1.807) is 48.7 Å². The van der Waals surface area contributed by atoms with Gasteiger partial charge in [0.05, 0.1) is 5.69 Å². The second-order valence-corrected chi connectivity index (χ2v) is 6.97. The minimum atomic E-state index is -1.70. The maximum absolute atomic E-state index is 14.3. The average Bonchev–Trinajstić information content (AvgIpc) is 3.10. The Kier molecular flexibility index (Phi) is 5.33. The van der Waals surface area contributed by atoms with Gasteiger partial charge in [0.1, 0.15) is 11.7 Å². The zero-order valence-corrected chi connectivity index (χ0v) is 16.0. The summed E-state index contributed by atoms with van der Waals surface area (Å²) in [6, 6.07) is 13.4. The van der Waals surface area contributed by atoms with E-state index < -0.39 is 46.8 Å². The minimum absolute atomic E-state index is 0.151. The van der Waals surface area contributed by atoms with Gasteiger partial charge in [0.25, 0.3) is 0 Å². The number of anilines is 1. The number of hydrogen-bond donors (Lipinski definition) is 1. The van der Waals surface area contributed by atoms with Crippen molar-refractivity contribution in [1.82, 2.24) is 4.98 Å². The van der Waals surface area contributed by atoms with E-state index in [-0.39, 0.29) is 6.54 Å². The number of carbonyl (C=O) groups excluding carboxylic acids is 2. The second-order valence-electron chi connectivity index (χ2n) is 6.97. The summed E-state index contributed by atoms with van der Waals surface area (Å²) >= 11 is 0. The molecule has 9 heteroatoms. The Labute approximate surface area is 175 Å². The van der Waals surface area contributed by atoms with Crippen LogP contribution in [0, 0.1) is 23.4 Å². The molecule has 31 heavy (non-hydrogen) atoms. The summed E-state index contributed by atoms with van der Waals surface area (Å²) in [5, 5.41) is 0. The normalized spacial score (nSPS) is 18.3. The Hall–Kier alpha value is -3.88. The summed E-state index contributed by atoms with van der Waals surface area (Å²) in [5.74, 6) is -7.59. The number of benzene rings is 2. The number of hydrogen-bond acceptors (Lipinski definition) is 4. The molecule has 0 radical (unpaired) electrons. The third-order valence-corrected chi connectivity index (χ3v) is 5.07. The molecule has 1 aliphatic heterocycles. The fourth-order valence-electron chi connectivity index (χ4n) is 3.63. The topological polar surface area (TPSA) is 85.5 Å². The lowest BCUT2D eigenvalue weighted by Gasteiger charge is -2.18. The van der Waals surface area contributed by atoms with Crippen molar-refractivity contribution in [3.63, 3.8) is 0 Å². The highest BCUT2D eigenvalue weighted by Gasteiger charge is 2.46. The number of nitrogens with two attached hydrogens (primary N) is 1. The van der Waals surface area contributed by atoms with Crippen molar-refractivity contribution in [2.45, 2.75) is 5.92 Å². The maximum Gasteiger partial charge on any atom is 0.240 e. The Bertz CT molecular complexity index is 1160. The summed E-state index contributed by atoms with van der Waals surface area (Å²) in [6.45, 7) is -0.151. The van der Waals surface area contributed by atoms with Gasteiger partial charge in [0.15, 0.2) is 17.5 Å². The highest BCUT2D eigenvalue weighted by atomic mass is 19.2. The first-order valence-corrected chi connectivity index (χ1v) is 9.30. The lowest BCUT2D eigenvalue weighted by Crippen LogP contribution is -2.34. The van der Waals surface area contributed by atoms with Gasteiger partial charge in [-0.2, -0.15) is 0 Å². The van der Waals surface area contributed by atoms with E-state index in [9.17, 15) is 22.8 Å². The SMILES string of the molecule is NC(=O)C1C(=O)N(c2ccc(F)c(F)c2F)CC1c1cccc(Oc2ccccn2)c1. The van der Waals surface area contributed by atoms with Crippen molar-refractivity contribution in [3.05, 3.63) is 83.8 Å². The highest BCUT2D eigenvalue weighted by Crippen LogP contribution is 2.39. The van der Waals surface area contributed by atoms with Crippen LogP contribution in [0.1, 0.15) is 11.5 Å². The first-order valence-electron chi connectivity index (χ1n) is 9.30. The Morgan fingerprint density at radius 3 is 2.58 bits per heavy atom. The molecule has 3 aromatic rings. The van der Waals surface area contributed by atoms with E-state index >= 15 is 0 Å². The number of amides is 2. The predicted octanol–water partition coefficient (Wildman–Crippen LogP) is 3.52. The van der Waals surface area contributed by atoms with Gasteiger partial charge in [0, 0.05) is 24.7 Å². The van der Waals surface area contributed by atoms with Crippen LogP contribution < -0.4 is 15.4 Å². The lowest BCUT2D eigenvalue weighted by molar-refractivity contribution is -0.130. The molecule has 1 fully saturated rings. The van der Waals surface area contributed by atoms with E-state index in [1.807, 2.05) is 0 Å². The molecule has 0 saturated carbocycles. The molecule has 2 unspecified atom stereocenters. The highest BCUT2D eigenvalue weighted by molar-refractivity contribution is 6.10. The van der Waals surface area contributed by atoms with E-state index in [4.69, 9.17) is 10.5 Å². The van der Waals surface area contributed by atoms with Crippen LogP contribution in [-0.4, -0.2) is 23.3 Å². The number of halogens is 3. The number of nitrogens with zero attached hydrogens (tertiary/aromatic N) is 2. The second kappa shape index (κ2) is 8.10. The summed E-state index contributed by atoms with van der Waals surface area (Å²) in [7, 11) is 0. The summed E-state index contributed by atoms with van der Waals surface area (Å²) in [5.41, 5.74) is 5.53. The summed E-state index contributed by atoms with van der Waals surface area (Å²) in [4.78, 5) is 29.9. The molecule has 158 valence electrons. The van der Waals surface area contributed by atoms with Crippen molar-refractivity contribution in [3.8, 4) is 11.6 Å². The third kappa shape index (κ3) is 3.81. The van der Waals surface area contributed by atoms with Crippen molar-refractivity contribution in [2.75, 3.05) is 11.4 Å². The van der Waals surface area contributed by atoms with Crippen LogP contribution in [0.3, 0.4) is 0 Å². The van der Waals surface area contributed by atoms with Crippen LogP contribution in [0.2, 0.25) is 0 Å². The van der Waals surface area contributed by atoms with Gasteiger partial charge in [0.2, 0.25) is 17.7 Å². The number of rotatable bonds is 5. The Morgan fingerprint density at radius 2 is 1.87 bits per heavy atom. The van der Waals surface area contributed by atoms with Crippen LogP contribution in [0.5, 0.6) is 11.6 Å². The van der Waals surface area contributed by atoms with Crippen LogP contribution >= 0.6 is 0 Å². The molecular weight excluding hydrogens is 411 g/mol. The van der Waals surface area contributed by atoms with Gasteiger partial charge in [-0.1, -0.05) is 18.2 Å². The average molecular weight is 427 g/mol. The molecule has 2 heterocycles. The standard InChI is InChI=1S/C22H16F3N3O3/c23-15-7-8-16(20(25)19(15)24)28-11-14(18(21(26)29)22(28)30)12-4-3-5-13(10-12)31-17-6-1-2-9-27-17/h1-10,14,18H,11H2,(H2,26,29). The Balaban J connectivity index is 1.68. The van der Waals surface area contributed by atoms with Crippen molar-refractivity contribution >= 4 is 17.5 Å². The predicted molar refractivity (Wildman–Crippen MR) is 105 cm³/mol. The van der Waals surface area contributed by atoms with Gasteiger partial charge in [-0.3, -0.25) is 9.59 Å². The smallest absolute Gasteiger partial charge is 0.240 e. The van der Waals surface area contributed by atoms with E-state index in [2.05, 4.69) is 4.98 Å². The van der Waals surface area contributed by atoms with Gasteiger partial charge in [-0.15, -0.1) is 0 Å². The number of pyridine rings is 1. The first-order chi connectivity index (χ1) is 14.9. The van der Waals surface area contributed by atoms with Gasteiger partial charge >= 0.3 is 0 Å². The molecular formula is C22H16F3N3O3. The number of carbonyl (C=O) groups is 2. The molecule has 1 aliphatic rings. The maximum atomic E-state index is 14.3. The molecule has 0 bridgehead atoms. The van der Waals surface area contributed by atoms with Gasteiger partial charge in [-0.05, 0) is 35.9 Å². The van der Waals surface area contributed by atoms with E-state index in [0.29, 0.717) is 17.2 Å². The van der Waals surface area contributed by atoms with Crippen molar-refractivity contribution < 1.29 is 27.5 Å². The van der Waals surface area contributed by atoms with Crippen LogP contribution in [0.4, 0.5) is 18.9 Å². The number of ether oxygens (including phenoxy) is 1. The molecule has 4 rings (SSSR count). The molecule has 1 aromatic heterocycles. The summed E-state index contributed by atoms with van der Waals surface area (Å²) in [6.07, 6.45) is 1.56. The molecule has 1 saturated heterocycles. The fourth-order valence-corrected chi connectivity index (χ4v) is 3.63. The van der Waals surface area contributed by atoms with E-state index in [1.165, 1.54) is 0 Å². The largest absolute Gasteiger partial charge is 0.439 e. The van der Waals surface area contributed by atoms with Crippen molar-refractivity contribution in [1.29, 1.82) is 0 Å². The number of primary amides is 1. The molecule has 2 atom stereocenters. The first kappa shape index (κ1) is 20.4. The van der Waals surface area contributed by atoms with Gasteiger partial charge < -0.3 is 15.4 Å². The quantitative estimate of drug-likeness (QED) is 0.499. The monoisotopic (exact) mass is 427 g/mol. The molecule has 0 aliphatic carbocycles. The van der Waals surface area contributed by atoms with Crippen LogP contribution in [0.15, 0.2) is 60.8 Å². The van der Waals surface area contributed by atoms with Crippen LogP contribution in [0.25, 0.3) is 0 Å². The van der Waals surface area contributed by atoms with Crippen LogP contribution in [-0.2, 0) is 9.59 Å². The Morgan fingerprint density at radius 1 is 1.06 bits per heavy atom. The fraction of sp³-hybridized carbons (Fsp3) is 0.136. The minimum Gasteiger partial charge on any atom is -0.439 e. The zero-order valence-electron chi connectivity index (χ0n) is 16.0. The van der Waals surface area contributed by atoms with Gasteiger partial charge in [-0.25, -0.2) is 18.2 Å². The molecule has 2 N–H and O–H groups in total. The molecule has 6 nitrogen and oxygen atoms in total. The lowest BCUT2D eigenvalue weighted by atomic mass is 9.88. The molecule has 2 aromatic carbocycles. The molecule has 0 spiro atoms. The third-order valence-electron chi connectivity index (χ3n) is 5.07. The van der Waals surface area contributed by atoms with E-state index in [0.717, 1.165) is 17.0 Å². The molecule has 2 amide bonds. The summed E-state index contributed by atoms with van der Waals surface area (Å²) < 4.78 is 47.0. The number of aromatic nitrogens is 1. The van der Waals surface area contributed by atoms with Crippen molar-refractivity contribution in [2.24, 2.45) is 11.7 Å².